The molecule has 0 saturated heterocycles. The number of amides is 1. The largest absolute Gasteiger partial charge is 0.393 e. The summed E-state index contributed by atoms with van der Waals surface area (Å²) in [7, 11) is 1.70. The lowest BCUT2D eigenvalue weighted by Gasteiger charge is -2.16. The molecule has 0 bridgehead atoms. The van der Waals surface area contributed by atoms with Crippen LogP contribution in [0.15, 0.2) is 24.3 Å². The van der Waals surface area contributed by atoms with Gasteiger partial charge in [-0.2, -0.15) is 0 Å². The van der Waals surface area contributed by atoms with Crippen LogP contribution in [0.5, 0.6) is 0 Å². The molecule has 0 aliphatic heterocycles. The third-order valence-corrected chi connectivity index (χ3v) is 4.02. The van der Waals surface area contributed by atoms with Gasteiger partial charge in [0.2, 0.25) is 0 Å². The summed E-state index contributed by atoms with van der Waals surface area (Å²) in [6, 6.07) is 6.22. The van der Waals surface area contributed by atoms with E-state index in [0.29, 0.717) is 17.8 Å². The average molecular weight is 281 g/mol. The Morgan fingerprint density at radius 3 is 2.89 bits per heavy atom. The van der Waals surface area contributed by atoms with Crippen LogP contribution in [0, 0.1) is 5.82 Å². The van der Waals surface area contributed by atoms with Gasteiger partial charge in [0.1, 0.15) is 5.82 Å². The van der Waals surface area contributed by atoms with Gasteiger partial charge in [0.25, 0.3) is 5.91 Å². The number of nitrogens with zero attached hydrogens (tertiary/aromatic N) is 1. The molecule has 3 nitrogen and oxygen atoms in total. The van der Waals surface area contributed by atoms with Gasteiger partial charge in [0.05, 0.1) is 11.0 Å². The molecule has 1 atom stereocenters. The lowest BCUT2D eigenvalue weighted by molar-refractivity contribution is 0.0773. The van der Waals surface area contributed by atoms with Crippen LogP contribution in [0.1, 0.15) is 23.0 Å². The topological polar surface area (TPSA) is 40.5 Å². The Hall–Kier alpha value is -1.46. The molecule has 5 heteroatoms. The van der Waals surface area contributed by atoms with Gasteiger partial charge in [-0.05, 0) is 43.0 Å². The number of halogens is 1. The first-order valence-corrected chi connectivity index (χ1v) is 6.91. The number of hydrogen-bond donors (Lipinski definition) is 1. The third kappa shape index (κ3) is 3.30. The first-order chi connectivity index (χ1) is 8.97. The molecular formula is C14H16FNO2S. The molecule has 1 amide bonds. The second-order valence-corrected chi connectivity index (χ2v) is 5.74. The number of thiophene rings is 1. The molecule has 0 fully saturated rings. The van der Waals surface area contributed by atoms with Crippen molar-refractivity contribution in [1.82, 2.24) is 4.90 Å². The zero-order valence-electron chi connectivity index (χ0n) is 10.9. The fourth-order valence-electron chi connectivity index (χ4n) is 1.79. The number of fused-ring (bicyclic) bond motifs is 1. The number of aliphatic hydroxyl groups is 1. The molecule has 0 saturated carbocycles. The Labute approximate surface area is 115 Å². The summed E-state index contributed by atoms with van der Waals surface area (Å²) in [5.41, 5.74) is 0. The first-order valence-electron chi connectivity index (χ1n) is 6.10. The Balaban J connectivity index is 2.16. The van der Waals surface area contributed by atoms with Crippen LogP contribution >= 0.6 is 11.3 Å². The van der Waals surface area contributed by atoms with Gasteiger partial charge in [-0.1, -0.05) is 0 Å². The second kappa shape index (κ2) is 5.67. The Kier molecular flexibility index (Phi) is 4.17. The van der Waals surface area contributed by atoms with Crippen LogP contribution < -0.4 is 0 Å². The first kappa shape index (κ1) is 14.0. The summed E-state index contributed by atoms with van der Waals surface area (Å²) >= 11 is 1.36. The summed E-state index contributed by atoms with van der Waals surface area (Å²) in [5, 5.41) is 9.97. The Bertz CT molecular complexity index is 594. The molecule has 102 valence electrons. The van der Waals surface area contributed by atoms with Crippen molar-refractivity contribution in [2.24, 2.45) is 0 Å². The minimum Gasteiger partial charge on any atom is -0.393 e. The summed E-state index contributed by atoms with van der Waals surface area (Å²) in [4.78, 5) is 14.3. The lowest BCUT2D eigenvalue weighted by Crippen LogP contribution is -2.28. The van der Waals surface area contributed by atoms with E-state index in [1.54, 1.807) is 31.0 Å². The number of aliphatic hydroxyl groups excluding tert-OH is 1. The van der Waals surface area contributed by atoms with E-state index in [2.05, 4.69) is 0 Å². The molecule has 1 heterocycles. The quantitative estimate of drug-likeness (QED) is 0.936. The van der Waals surface area contributed by atoms with Gasteiger partial charge in [0, 0.05) is 18.3 Å². The minimum atomic E-state index is -0.424. The number of rotatable bonds is 4. The Morgan fingerprint density at radius 1 is 1.47 bits per heavy atom. The van der Waals surface area contributed by atoms with Crippen LogP contribution in [-0.2, 0) is 0 Å². The highest BCUT2D eigenvalue weighted by Crippen LogP contribution is 2.27. The van der Waals surface area contributed by atoms with Gasteiger partial charge < -0.3 is 10.0 Å². The molecule has 0 aliphatic carbocycles. The molecule has 1 unspecified atom stereocenters. The molecule has 0 aliphatic rings. The van der Waals surface area contributed by atoms with E-state index >= 15 is 0 Å². The summed E-state index contributed by atoms with van der Waals surface area (Å²) < 4.78 is 14.0. The third-order valence-electron chi connectivity index (χ3n) is 2.92. The lowest BCUT2D eigenvalue weighted by atomic mass is 10.2. The summed E-state index contributed by atoms with van der Waals surface area (Å²) in [6.45, 7) is 2.19. The fourth-order valence-corrected chi connectivity index (χ4v) is 2.83. The van der Waals surface area contributed by atoms with Crippen LogP contribution in [0.2, 0.25) is 0 Å². The van der Waals surface area contributed by atoms with E-state index in [1.807, 2.05) is 0 Å². The zero-order valence-corrected chi connectivity index (χ0v) is 11.7. The van der Waals surface area contributed by atoms with Gasteiger partial charge in [-0.25, -0.2) is 4.39 Å². The van der Waals surface area contributed by atoms with Crippen molar-refractivity contribution in [3.8, 4) is 0 Å². The zero-order chi connectivity index (χ0) is 14.0. The predicted octanol–water partition coefficient (Wildman–Crippen LogP) is 2.88. The maximum atomic E-state index is 13.1. The van der Waals surface area contributed by atoms with E-state index in [0.717, 1.165) is 10.1 Å². The van der Waals surface area contributed by atoms with Gasteiger partial charge in [-0.3, -0.25) is 4.79 Å². The van der Waals surface area contributed by atoms with E-state index in [4.69, 9.17) is 0 Å². The van der Waals surface area contributed by atoms with Crippen molar-refractivity contribution in [1.29, 1.82) is 0 Å². The van der Waals surface area contributed by atoms with Crippen molar-refractivity contribution in [2.45, 2.75) is 19.4 Å². The number of carbonyl (C=O) groups is 1. The number of carbonyl (C=O) groups excluding carboxylic acids is 1. The van der Waals surface area contributed by atoms with E-state index in [-0.39, 0.29) is 11.7 Å². The number of benzene rings is 1. The second-order valence-electron chi connectivity index (χ2n) is 4.66. The molecule has 19 heavy (non-hydrogen) atoms. The van der Waals surface area contributed by atoms with Gasteiger partial charge in [0.15, 0.2) is 0 Å². The van der Waals surface area contributed by atoms with Crippen molar-refractivity contribution in [2.75, 3.05) is 13.6 Å². The maximum absolute atomic E-state index is 13.1. The average Bonchev–Trinajstić information content (AvgIpc) is 2.77. The highest BCUT2D eigenvalue weighted by molar-refractivity contribution is 7.20. The van der Waals surface area contributed by atoms with Crippen molar-refractivity contribution < 1.29 is 14.3 Å². The maximum Gasteiger partial charge on any atom is 0.263 e. The highest BCUT2D eigenvalue weighted by Gasteiger charge is 2.15. The monoisotopic (exact) mass is 281 g/mol. The van der Waals surface area contributed by atoms with E-state index in [1.165, 1.54) is 23.5 Å². The summed E-state index contributed by atoms with van der Waals surface area (Å²) in [5.74, 6) is -0.394. The number of hydrogen-bond acceptors (Lipinski definition) is 3. The standard InChI is InChI=1S/C14H16FNO2S/c1-9(17)5-6-16(2)14(18)13-8-10-7-11(15)3-4-12(10)19-13/h3-4,7-9,17H,5-6H2,1-2H3. The summed E-state index contributed by atoms with van der Waals surface area (Å²) in [6.07, 6.45) is 0.119. The van der Waals surface area contributed by atoms with Crippen LogP contribution in [0.3, 0.4) is 0 Å². The fraction of sp³-hybridized carbons (Fsp3) is 0.357. The van der Waals surface area contributed by atoms with Gasteiger partial charge >= 0.3 is 0 Å². The molecule has 1 aromatic heterocycles. The van der Waals surface area contributed by atoms with Crippen LogP contribution in [0.4, 0.5) is 4.39 Å². The Morgan fingerprint density at radius 2 is 2.21 bits per heavy atom. The smallest absolute Gasteiger partial charge is 0.263 e. The molecule has 1 N–H and O–H groups in total. The SMILES string of the molecule is CC(O)CCN(C)C(=O)c1cc2cc(F)ccc2s1. The van der Waals surface area contributed by atoms with Crippen molar-refractivity contribution in [3.05, 3.63) is 35.0 Å². The highest BCUT2D eigenvalue weighted by atomic mass is 32.1. The van der Waals surface area contributed by atoms with Crippen molar-refractivity contribution >= 4 is 27.3 Å². The predicted molar refractivity (Wildman–Crippen MR) is 75.0 cm³/mol. The van der Waals surface area contributed by atoms with Crippen molar-refractivity contribution in [3.63, 3.8) is 0 Å². The van der Waals surface area contributed by atoms with Crippen LogP contribution in [0.25, 0.3) is 10.1 Å². The minimum absolute atomic E-state index is 0.0951. The molecule has 2 rings (SSSR count). The molecular weight excluding hydrogens is 265 g/mol. The van der Waals surface area contributed by atoms with E-state index in [9.17, 15) is 14.3 Å². The normalized spacial score (nSPS) is 12.6. The van der Waals surface area contributed by atoms with E-state index < -0.39 is 6.10 Å². The molecule has 2 aromatic rings. The molecule has 0 spiro atoms. The van der Waals surface area contributed by atoms with Gasteiger partial charge in [-0.15, -0.1) is 11.3 Å². The molecule has 0 radical (unpaired) electrons. The molecule has 1 aromatic carbocycles. The van der Waals surface area contributed by atoms with Crippen LogP contribution in [-0.4, -0.2) is 35.6 Å².